The first kappa shape index (κ1) is 10.0. The van der Waals surface area contributed by atoms with Crippen LogP contribution in [0.1, 0.15) is 32.8 Å². The minimum absolute atomic E-state index is 0.185. The maximum absolute atomic E-state index is 13.5. The van der Waals surface area contributed by atoms with Gasteiger partial charge in [-0.1, -0.05) is 26.8 Å². The van der Waals surface area contributed by atoms with Crippen molar-refractivity contribution in [3.63, 3.8) is 0 Å². The van der Waals surface area contributed by atoms with Crippen molar-refractivity contribution in [2.45, 2.75) is 32.6 Å². The van der Waals surface area contributed by atoms with Crippen molar-refractivity contribution < 1.29 is 4.39 Å². The Hall–Kier alpha value is -1.05. The van der Waals surface area contributed by atoms with Crippen LogP contribution in [0.4, 0.5) is 10.1 Å². The number of nitrogen functional groups attached to an aromatic ring is 1. The number of hydrogen-bond acceptors (Lipinski definition) is 1. The molecule has 0 amide bonds. The summed E-state index contributed by atoms with van der Waals surface area (Å²) in [6.07, 6.45) is 0.873. The Bertz CT molecular complexity index is 285. The fraction of sp³-hybridized carbons (Fsp3) is 0.455. The highest BCUT2D eigenvalue weighted by molar-refractivity contribution is 5.50. The van der Waals surface area contributed by atoms with E-state index in [2.05, 4.69) is 0 Å². The molecule has 0 aliphatic carbocycles. The van der Waals surface area contributed by atoms with Gasteiger partial charge in [0, 0.05) is 11.3 Å². The van der Waals surface area contributed by atoms with Crippen LogP contribution in [0.2, 0.25) is 0 Å². The maximum atomic E-state index is 13.5. The van der Waals surface area contributed by atoms with Crippen molar-refractivity contribution in [2.75, 3.05) is 5.73 Å². The maximum Gasteiger partial charge on any atom is 0.128 e. The smallest absolute Gasteiger partial charge is 0.128 e. The zero-order chi connectivity index (χ0) is 10.1. The van der Waals surface area contributed by atoms with Gasteiger partial charge in [-0.3, -0.25) is 0 Å². The molecule has 2 heteroatoms. The third kappa shape index (κ3) is 1.82. The second-order valence-electron chi connectivity index (χ2n) is 3.94. The molecular formula is C11H16FN. The highest BCUT2D eigenvalue weighted by Crippen LogP contribution is 2.32. The highest BCUT2D eigenvalue weighted by Gasteiger charge is 2.24. The molecule has 13 heavy (non-hydrogen) atoms. The fourth-order valence-corrected chi connectivity index (χ4v) is 1.43. The van der Waals surface area contributed by atoms with Crippen LogP contribution in [0.15, 0.2) is 18.2 Å². The molecule has 0 aromatic heterocycles. The standard InChI is InChI=1S/C11H16FN/c1-4-11(2,3)10-8(12)6-5-7-9(10)13/h5-7H,4,13H2,1-3H3. The molecule has 2 N–H and O–H groups in total. The van der Waals surface area contributed by atoms with Gasteiger partial charge in [0.05, 0.1) is 0 Å². The van der Waals surface area contributed by atoms with Crippen LogP contribution in [-0.2, 0) is 5.41 Å². The average molecular weight is 181 g/mol. The van der Waals surface area contributed by atoms with Crippen LogP contribution >= 0.6 is 0 Å². The van der Waals surface area contributed by atoms with Gasteiger partial charge in [-0.2, -0.15) is 0 Å². The fourth-order valence-electron chi connectivity index (χ4n) is 1.43. The molecule has 0 spiro atoms. The first-order valence-electron chi connectivity index (χ1n) is 4.53. The van der Waals surface area contributed by atoms with Crippen molar-refractivity contribution in [1.82, 2.24) is 0 Å². The number of anilines is 1. The van der Waals surface area contributed by atoms with Crippen molar-refractivity contribution in [1.29, 1.82) is 0 Å². The van der Waals surface area contributed by atoms with Crippen LogP contribution in [0.25, 0.3) is 0 Å². The summed E-state index contributed by atoms with van der Waals surface area (Å²) in [5, 5.41) is 0. The molecule has 0 aliphatic rings. The molecule has 0 aliphatic heterocycles. The average Bonchev–Trinajstić information content (AvgIpc) is 2.03. The molecule has 1 aromatic carbocycles. The molecule has 0 atom stereocenters. The number of hydrogen-bond donors (Lipinski definition) is 1. The lowest BCUT2D eigenvalue weighted by Crippen LogP contribution is -2.19. The lowest BCUT2D eigenvalue weighted by molar-refractivity contribution is 0.471. The molecule has 0 unspecified atom stereocenters. The van der Waals surface area contributed by atoms with E-state index in [0.717, 1.165) is 6.42 Å². The minimum atomic E-state index is -0.202. The van der Waals surface area contributed by atoms with Crippen molar-refractivity contribution in [3.05, 3.63) is 29.6 Å². The van der Waals surface area contributed by atoms with Gasteiger partial charge < -0.3 is 5.73 Å². The second-order valence-corrected chi connectivity index (χ2v) is 3.94. The van der Waals surface area contributed by atoms with Gasteiger partial charge in [0.1, 0.15) is 5.82 Å². The van der Waals surface area contributed by atoms with Gasteiger partial charge in [-0.25, -0.2) is 4.39 Å². The summed E-state index contributed by atoms with van der Waals surface area (Å²) in [5.74, 6) is -0.202. The van der Waals surface area contributed by atoms with E-state index in [1.54, 1.807) is 12.1 Å². The Labute approximate surface area is 78.8 Å². The SMILES string of the molecule is CCC(C)(C)c1c(N)cccc1F. The summed E-state index contributed by atoms with van der Waals surface area (Å²) in [5.41, 5.74) is 6.74. The van der Waals surface area contributed by atoms with Gasteiger partial charge in [0.15, 0.2) is 0 Å². The van der Waals surface area contributed by atoms with Gasteiger partial charge in [0.2, 0.25) is 0 Å². The van der Waals surface area contributed by atoms with Crippen LogP contribution in [0.3, 0.4) is 0 Å². The summed E-state index contributed by atoms with van der Waals surface area (Å²) < 4.78 is 13.5. The lowest BCUT2D eigenvalue weighted by atomic mass is 9.81. The van der Waals surface area contributed by atoms with E-state index in [9.17, 15) is 4.39 Å². The third-order valence-corrected chi connectivity index (χ3v) is 2.61. The first-order valence-corrected chi connectivity index (χ1v) is 4.53. The normalized spacial score (nSPS) is 11.7. The number of nitrogens with two attached hydrogens (primary N) is 1. The van der Waals surface area contributed by atoms with Gasteiger partial charge >= 0.3 is 0 Å². The molecule has 0 radical (unpaired) electrons. The predicted molar refractivity (Wildman–Crippen MR) is 54.1 cm³/mol. The Morgan fingerprint density at radius 2 is 2.00 bits per heavy atom. The van der Waals surface area contributed by atoms with Crippen LogP contribution in [-0.4, -0.2) is 0 Å². The van der Waals surface area contributed by atoms with Gasteiger partial charge in [0.25, 0.3) is 0 Å². The molecule has 0 saturated carbocycles. The third-order valence-electron chi connectivity index (χ3n) is 2.61. The first-order chi connectivity index (χ1) is 5.99. The van der Waals surface area contributed by atoms with Crippen molar-refractivity contribution in [2.24, 2.45) is 0 Å². The molecule has 0 fully saturated rings. The van der Waals surface area contributed by atoms with Crippen molar-refractivity contribution >= 4 is 5.69 Å². The molecule has 72 valence electrons. The predicted octanol–water partition coefficient (Wildman–Crippen LogP) is 3.10. The largest absolute Gasteiger partial charge is 0.398 e. The number of rotatable bonds is 2. The molecule has 0 bridgehead atoms. The molecule has 0 heterocycles. The molecule has 1 nitrogen and oxygen atoms in total. The Morgan fingerprint density at radius 1 is 1.38 bits per heavy atom. The van der Waals surface area contributed by atoms with E-state index in [1.807, 2.05) is 20.8 Å². The molecular weight excluding hydrogens is 165 g/mol. The van der Waals surface area contributed by atoms with E-state index in [0.29, 0.717) is 11.3 Å². The van der Waals surface area contributed by atoms with Crippen molar-refractivity contribution in [3.8, 4) is 0 Å². The zero-order valence-corrected chi connectivity index (χ0v) is 8.39. The monoisotopic (exact) mass is 181 g/mol. The molecule has 1 aromatic rings. The summed E-state index contributed by atoms with van der Waals surface area (Å²) >= 11 is 0. The van der Waals surface area contributed by atoms with Crippen LogP contribution in [0.5, 0.6) is 0 Å². The summed E-state index contributed by atoms with van der Waals surface area (Å²) in [7, 11) is 0. The lowest BCUT2D eigenvalue weighted by Gasteiger charge is -2.25. The summed E-state index contributed by atoms with van der Waals surface area (Å²) in [4.78, 5) is 0. The second kappa shape index (κ2) is 3.36. The minimum Gasteiger partial charge on any atom is -0.398 e. The van der Waals surface area contributed by atoms with E-state index >= 15 is 0 Å². The molecule has 1 rings (SSSR count). The van der Waals surface area contributed by atoms with Gasteiger partial charge in [-0.05, 0) is 24.0 Å². The highest BCUT2D eigenvalue weighted by atomic mass is 19.1. The topological polar surface area (TPSA) is 26.0 Å². The Kier molecular flexibility index (Phi) is 2.60. The van der Waals surface area contributed by atoms with E-state index in [-0.39, 0.29) is 11.2 Å². The number of halogens is 1. The van der Waals surface area contributed by atoms with E-state index < -0.39 is 0 Å². The zero-order valence-electron chi connectivity index (χ0n) is 8.39. The summed E-state index contributed by atoms with van der Waals surface area (Å²) in [6, 6.07) is 4.85. The van der Waals surface area contributed by atoms with E-state index in [4.69, 9.17) is 5.73 Å². The number of benzene rings is 1. The Morgan fingerprint density at radius 3 is 2.46 bits per heavy atom. The van der Waals surface area contributed by atoms with Crippen LogP contribution < -0.4 is 5.73 Å². The Balaban J connectivity index is 3.28. The quantitative estimate of drug-likeness (QED) is 0.697. The van der Waals surface area contributed by atoms with Gasteiger partial charge in [-0.15, -0.1) is 0 Å². The van der Waals surface area contributed by atoms with E-state index in [1.165, 1.54) is 6.07 Å². The van der Waals surface area contributed by atoms with Crippen LogP contribution in [0, 0.1) is 5.82 Å². The molecule has 0 saturated heterocycles. The summed E-state index contributed by atoms with van der Waals surface area (Å²) in [6.45, 7) is 6.04.